The van der Waals surface area contributed by atoms with Gasteiger partial charge in [-0.25, -0.2) is 0 Å². The van der Waals surface area contributed by atoms with Gasteiger partial charge >= 0.3 is 6.01 Å². The summed E-state index contributed by atoms with van der Waals surface area (Å²) in [6.07, 6.45) is 2.43. The number of aromatic nitrogens is 3. The fraction of sp³-hybridized carbons (Fsp3) is 0.318. The Morgan fingerprint density at radius 3 is 2.66 bits per heavy atom. The van der Waals surface area contributed by atoms with Crippen molar-refractivity contribution in [1.29, 1.82) is 0 Å². The number of hydrogen-bond donors (Lipinski definition) is 2. The molecule has 1 aliphatic heterocycles. The number of pyridine rings is 1. The lowest BCUT2D eigenvalue weighted by Crippen LogP contribution is -2.54. The third-order valence-corrected chi connectivity index (χ3v) is 5.46. The number of imidazole rings is 1. The normalized spacial score (nSPS) is 15.8. The largest absolute Gasteiger partial charge is 0.424 e. The second-order valence-corrected chi connectivity index (χ2v) is 8.05. The zero-order chi connectivity index (χ0) is 22.8. The minimum Gasteiger partial charge on any atom is -0.424 e. The average molecular weight is 458 g/mol. The Labute approximate surface area is 190 Å². The highest BCUT2D eigenvalue weighted by Crippen LogP contribution is 2.35. The topological polar surface area (TPSA) is 104 Å². The maximum Gasteiger partial charge on any atom is 0.304 e. The van der Waals surface area contributed by atoms with Crippen molar-refractivity contribution in [2.24, 2.45) is 0 Å². The zero-order valence-corrected chi connectivity index (χ0v) is 18.5. The zero-order valence-electron chi connectivity index (χ0n) is 17.8. The molecule has 168 valence electrons. The Balaban J connectivity index is 1.80. The van der Waals surface area contributed by atoms with E-state index in [2.05, 4.69) is 9.97 Å². The van der Waals surface area contributed by atoms with Gasteiger partial charge in [-0.1, -0.05) is 23.7 Å². The number of aliphatic hydroxyl groups excluding tert-OH is 2. The molecule has 3 heterocycles. The summed E-state index contributed by atoms with van der Waals surface area (Å²) in [5.41, 5.74) is 2.11. The molecule has 3 aromatic rings. The third-order valence-electron chi connectivity index (χ3n) is 5.21. The first kappa shape index (κ1) is 22.1. The molecule has 0 bridgehead atoms. The van der Waals surface area contributed by atoms with Crippen molar-refractivity contribution in [1.82, 2.24) is 19.4 Å². The van der Waals surface area contributed by atoms with Crippen LogP contribution in [0.15, 0.2) is 42.7 Å². The molecule has 0 radical (unpaired) electrons. The molecule has 0 saturated carbocycles. The van der Waals surface area contributed by atoms with Crippen molar-refractivity contribution in [3.05, 3.63) is 64.6 Å². The first-order valence-electron chi connectivity index (χ1n) is 10.2. The van der Waals surface area contributed by atoms with Gasteiger partial charge in [0, 0.05) is 31.4 Å². The van der Waals surface area contributed by atoms with Crippen LogP contribution in [-0.4, -0.2) is 62.1 Å². The Hall–Kier alpha value is -3.14. The highest BCUT2D eigenvalue weighted by Gasteiger charge is 2.40. The molecule has 2 aromatic heterocycles. The summed E-state index contributed by atoms with van der Waals surface area (Å²) in [5.74, 6) is 0.405. The number of carbonyl (C=O) groups is 1. The van der Waals surface area contributed by atoms with Crippen LogP contribution in [0.25, 0.3) is 0 Å². The van der Waals surface area contributed by atoms with Crippen molar-refractivity contribution in [3.63, 3.8) is 0 Å². The molecule has 1 unspecified atom stereocenters. The number of amides is 1. The molecule has 0 aliphatic carbocycles. The van der Waals surface area contributed by atoms with Crippen LogP contribution in [0.2, 0.25) is 5.02 Å². The Bertz CT molecular complexity index is 1120. The van der Waals surface area contributed by atoms with Crippen molar-refractivity contribution in [2.45, 2.75) is 26.2 Å². The standard InChI is InChI=1S/C22H24ClN5O4/c1-14-10-17(12-24-11-14)32-21-25-19-18(28(21)13-15-4-6-16(23)7-5-15)20(30)27(8-3-9-29)22(31)26(19)2/h4-7,10-12,22,29,31H,3,8-9,13H2,1-2H3. The fourth-order valence-electron chi connectivity index (χ4n) is 3.58. The molecule has 9 nitrogen and oxygen atoms in total. The van der Waals surface area contributed by atoms with Gasteiger partial charge in [0.25, 0.3) is 5.91 Å². The fourth-order valence-corrected chi connectivity index (χ4v) is 3.71. The summed E-state index contributed by atoms with van der Waals surface area (Å²) in [6, 6.07) is 9.30. The molecular weight excluding hydrogens is 434 g/mol. The second-order valence-electron chi connectivity index (χ2n) is 7.61. The van der Waals surface area contributed by atoms with Crippen LogP contribution in [0.3, 0.4) is 0 Å². The predicted molar refractivity (Wildman–Crippen MR) is 119 cm³/mol. The summed E-state index contributed by atoms with van der Waals surface area (Å²) in [6.45, 7) is 2.31. The Morgan fingerprint density at radius 2 is 1.97 bits per heavy atom. The number of aryl methyl sites for hydroxylation is 1. The monoisotopic (exact) mass is 457 g/mol. The van der Waals surface area contributed by atoms with Gasteiger partial charge in [0.05, 0.1) is 12.7 Å². The molecular formula is C22H24ClN5O4. The molecule has 2 N–H and O–H groups in total. The van der Waals surface area contributed by atoms with Crippen LogP contribution in [0, 0.1) is 6.92 Å². The Kier molecular flexibility index (Phi) is 6.31. The molecule has 1 aromatic carbocycles. The molecule has 4 rings (SSSR count). The maximum atomic E-state index is 13.4. The Morgan fingerprint density at radius 1 is 1.22 bits per heavy atom. The van der Waals surface area contributed by atoms with Gasteiger partial charge in [0.1, 0.15) is 5.75 Å². The molecule has 10 heteroatoms. The van der Waals surface area contributed by atoms with E-state index in [1.165, 1.54) is 9.80 Å². The van der Waals surface area contributed by atoms with Crippen LogP contribution in [0.4, 0.5) is 5.82 Å². The molecule has 1 aliphatic rings. The van der Waals surface area contributed by atoms with Gasteiger partial charge in [-0.2, -0.15) is 4.98 Å². The number of halogens is 1. The number of carbonyl (C=O) groups excluding carboxylic acids is 1. The van der Waals surface area contributed by atoms with E-state index < -0.39 is 12.3 Å². The predicted octanol–water partition coefficient (Wildman–Crippen LogP) is 2.63. The van der Waals surface area contributed by atoms with Crippen molar-refractivity contribution >= 4 is 23.3 Å². The average Bonchev–Trinajstić information content (AvgIpc) is 3.12. The van der Waals surface area contributed by atoms with Crippen molar-refractivity contribution < 1.29 is 19.7 Å². The summed E-state index contributed by atoms with van der Waals surface area (Å²) in [7, 11) is 1.65. The van der Waals surface area contributed by atoms with Crippen LogP contribution < -0.4 is 9.64 Å². The first-order valence-corrected chi connectivity index (χ1v) is 10.5. The van der Waals surface area contributed by atoms with E-state index in [4.69, 9.17) is 16.3 Å². The summed E-state index contributed by atoms with van der Waals surface area (Å²) in [4.78, 5) is 24.9. The number of hydrogen-bond acceptors (Lipinski definition) is 7. The van der Waals surface area contributed by atoms with Crippen molar-refractivity contribution in [2.75, 3.05) is 25.1 Å². The SMILES string of the molecule is Cc1cncc(Oc2nc3c(n2Cc2ccc(Cl)cc2)C(=O)N(CCCO)C(O)N3C)c1. The van der Waals surface area contributed by atoms with Gasteiger partial charge in [-0.3, -0.25) is 19.2 Å². The minimum atomic E-state index is -1.20. The van der Waals surface area contributed by atoms with Crippen LogP contribution >= 0.6 is 11.6 Å². The molecule has 1 amide bonds. The second kappa shape index (κ2) is 9.15. The van der Waals surface area contributed by atoms with Gasteiger partial charge in [0.15, 0.2) is 11.5 Å². The van der Waals surface area contributed by atoms with E-state index in [1.807, 2.05) is 25.1 Å². The molecule has 0 spiro atoms. The summed E-state index contributed by atoms with van der Waals surface area (Å²) in [5, 5.41) is 20.5. The lowest BCUT2D eigenvalue weighted by atomic mass is 10.2. The number of nitrogens with zero attached hydrogens (tertiary/aromatic N) is 5. The lowest BCUT2D eigenvalue weighted by Gasteiger charge is -2.38. The van der Waals surface area contributed by atoms with Crippen LogP contribution in [0.5, 0.6) is 11.8 Å². The number of fused-ring (bicyclic) bond motifs is 1. The lowest BCUT2D eigenvalue weighted by molar-refractivity contribution is 0.00112. The van der Waals surface area contributed by atoms with Crippen LogP contribution in [0.1, 0.15) is 28.0 Å². The van der Waals surface area contributed by atoms with E-state index in [0.29, 0.717) is 35.2 Å². The van der Waals surface area contributed by atoms with Crippen molar-refractivity contribution in [3.8, 4) is 11.8 Å². The summed E-state index contributed by atoms with van der Waals surface area (Å²) < 4.78 is 7.71. The molecule has 0 saturated heterocycles. The quantitative estimate of drug-likeness (QED) is 0.562. The van der Waals surface area contributed by atoms with E-state index in [0.717, 1.165) is 11.1 Å². The van der Waals surface area contributed by atoms with Gasteiger partial charge in [-0.05, 0) is 42.7 Å². The summed E-state index contributed by atoms with van der Waals surface area (Å²) >= 11 is 6.02. The van der Waals surface area contributed by atoms with Crippen LogP contribution in [-0.2, 0) is 6.54 Å². The van der Waals surface area contributed by atoms with Gasteiger partial charge in [-0.15, -0.1) is 0 Å². The van der Waals surface area contributed by atoms with E-state index in [-0.39, 0.29) is 19.2 Å². The maximum absolute atomic E-state index is 13.4. The van der Waals surface area contributed by atoms with E-state index in [1.54, 1.807) is 36.1 Å². The number of anilines is 1. The van der Waals surface area contributed by atoms with Gasteiger partial charge in [0.2, 0.25) is 6.35 Å². The first-order chi connectivity index (χ1) is 15.4. The molecule has 0 fully saturated rings. The van der Waals surface area contributed by atoms with Gasteiger partial charge < -0.3 is 19.8 Å². The number of ether oxygens (including phenoxy) is 1. The van der Waals surface area contributed by atoms with E-state index >= 15 is 0 Å². The third kappa shape index (κ3) is 4.27. The molecule has 1 atom stereocenters. The number of benzene rings is 1. The number of aliphatic hydroxyl groups is 2. The van der Waals surface area contributed by atoms with E-state index in [9.17, 15) is 15.0 Å². The molecule has 32 heavy (non-hydrogen) atoms. The smallest absolute Gasteiger partial charge is 0.304 e. The highest BCUT2D eigenvalue weighted by atomic mass is 35.5. The highest BCUT2D eigenvalue weighted by molar-refractivity contribution is 6.30. The minimum absolute atomic E-state index is 0.0914. The number of rotatable bonds is 7.